The van der Waals surface area contributed by atoms with Crippen molar-refractivity contribution in [3.63, 3.8) is 0 Å². The molecule has 0 amide bonds. The molecular formula is C17H14N4O6. The Labute approximate surface area is 152 Å². The molecular weight excluding hydrogens is 356 g/mol. The van der Waals surface area contributed by atoms with Gasteiger partial charge in [-0.2, -0.15) is 4.98 Å². The van der Waals surface area contributed by atoms with E-state index in [1.54, 1.807) is 37.5 Å². The van der Waals surface area contributed by atoms with Crippen molar-refractivity contribution < 1.29 is 23.7 Å². The Morgan fingerprint density at radius 3 is 2.85 bits per heavy atom. The minimum absolute atomic E-state index is 0.0243. The Morgan fingerprint density at radius 2 is 2.11 bits per heavy atom. The Hall–Kier alpha value is -3.82. The first kappa shape index (κ1) is 18.0. The van der Waals surface area contributed by atoms with Gasteiger partial charge in [-0.15, -0.1) is 0 Å². The van der Waals surface area contributed by atoms with Crippen molar-refractivity contribution in [1.82, 2.24) is 15.1 Å². The molecule has 0 bridgehead atoms. The lowest BCUT2D eigenvalue weighted by Gasteiger charge is -2.10. The van der Waals surface area contributed by atoms with Crippen LogP contribution in [0.5, 0.6) is 5.75 Å². The number of nitro groups is 1. The average Bonchev–Trinajstić information content (AvgIpc) is 3.17. The molecule has 0 aliphatic heterocycles. The van der Waals surface area contributed by atoms with Crippen LogP contribution >= 0.6 is 0 Å². The zero-order chi connectivity index (χ0) is 19.2. The SMILES string of the molecule is CC(OC(=O)COc1ccccc1[N+](=O)[O-])c1nc(-c2cccnc2)no1. The fourth-order valence-electron chi connectivity index (χ4n) is 2.16. The summed E-state index contributed by atoms with van der Waals surface area (Å²) < 4.78 is 15.4. The second kappa shape index (κ2) is 8.04. The fraction of sp³-hybridized carbons (Fsp3) is 0.176. The highest BCUT2D eigenvalue weighted by molar-refractivity contribution is 5.71. The van der Waals surface area contributed by atoms with E-state index >= 15 is 0 Å². The predicted octanol–water partition coefficient (Wildman–Crippen LogP) is 2.72. The molecule has 0 saturated carbocycles. The second-order valence-electron chi connectivity index (χ2n) is 5.34. The molecule has 2 heterocycles. The van der Waals surface area contributed by atoms with Gasteiger partial charge in [0.05, 0.1) is 4.92 Å². The number of carbonyl (C=O) groups excluding carboxylic acids is 1. The maximum atomic E-state index is 11.9. The van der Waals surface area contributed by atoms with Crippen molar-refractivity contribution >= 4 is 11.7 Å². The van der Waals surface area contributed by atoms with Crippen molar-refractivity contribution in [3.05, 3.63) is 64.8 Å². The van der Waals surface area contributed by atoms with Gasteiger partial charge >= 0.3 is 11.7 Å². The molecule has 0 aliphatic rings. The number of nitro benzene ring substituents is 1. The highest BCUT2D eigenvalue weighted by Crippen LogP contribution is 2.26. The molecule has 1 aromatic carbocycles. The third-order valence-electron chi connectivity index (χ3n) is 3.42. The number of nitrogens with zero attached hydrogens (tertiary/aromatic N) is 4. The van der Waals surface area contributed by atoms with Crippen molar-refractivity contribution in [2.75, 3.05) is 6.61 Å². The molecule has 0 spiro atoms. The van der Waals surface area contributed by atoms with Crippen molar-refractivity contribution in [3.8, 4) is 17.1 Å². The topological polar surface area (TPSA) is 130 Å². The molecule has 10 heteroatoms. The highest BCUT2D eigenvalue weighted by atomic mass is 16.6. The number of rotatable bonds is 7. The number of benzene rings is 1. The van der Waals surface area contributed by atoms with Gasteiger partial charge in [-0.05, 0) is 25.1 Å². The van der Waals surface area contributed by atoms with Gasteiger partial charge in [-0.3, -0.25) is 15.1 Å². The molecule has 138 valence electrons. The predicted molar refractivity (Wildman–Crippen MR) is 90.6 cm³/mol. The molecule has 10 nitrogen and oxygen atoms in total. The lowest BCUT2D eigenvalue weighted by Crippen LogP contribution is -2.17. The molecule has 0 radical (unpaired) electrons. The van der Waals surface area contributed by atoms with Gasteiger partial charge in [-0.1, -0.05) is 17.3 Å². The Bertz CT molecular complexity index is 943. The van der Waals surface area contributed by atoms with Gasteiger partial charge in [-0.25, -0.2) is 4.79 Å². The summed E-state index contributed by atoms with van der Waals surface area (Å²) in [7, 11) is 0. The summed E-state index contributed by atoms with van der Waals surface area (Å²) in [4.78, 5) is 30.4. The van der Waals surface area contributed by atoms with Gasteiger partial charge in [0.25, 0.3) is 5.89 Å². The number of carbonyl (C=O) groups is 1. The van der Waals surface area contributed by atoms with Crippen LogP contribution < -0.4 is 4.74 Å². The van der Waals surface area contributed by atoms with Gasteiger partial charge in [0.2, 0.25) is 5.82 Å². The molecule has 2 aromatic heterocycles. The van der Waals surface area contributed by atoms with E-state index in [-0.39, 0.29) is 17.3 Å². The molecule has 3 aromatic rings. The van der Waals surface area contributed by atoms with Crippen LogP contribution in [0, 0.1) is 10.1 Å². The third-order valence-corrected chi connectivity index (χ3v) is 3.42. The lowest BCUT2D eigenvalue weighted by molar-refractivity contribution is -0.385. The van der Waals surface area contributed by atoms with E-state index in [1.165, 1.54) is 18.2 Å². The second-order valence-corrected chi connectivity index (χ2v) is 5.34. The Balaban J connectivity index is 1.59. The van der Waals surface area contributed by atoms with Gasteiger partial charge in [0.15, 0.2) is 18.5 Å². The van der Waals surface area contributed by atoms with E-state index in [9.17, 15) is 14.9 Å². The van der Waals surface area contributed by atoms with Crippen LogP contribution in [-0.2, 0) is 9.53 Å². The number of pyridine rings is 1. The monoisotopic (exact) mass is 370 g/mol. The number of ether oxygens (including phenoxy) is 2. The first-order valence-corrected chi connectivity index (χ1v) is 7.84. The number of para-hydroxylation sites is 2. The van der Waals surface area contributed by atoms with Gasteiger partial charge < -0.3 is 14.0 Å². The Kier molecular flexibility index (Phi) is 5.36. The third kappa shape index (κ3) is 4.42. The summed E-state index contributed by atoms with van der Waals surface area (Å²) in [6.45, 7) is 1.06. The van der Waals surface area contributed by atoms with Crippen LogP contribution in [0.1, 0.15) is 18.9 Å². The van der Waals surface area contributed by atoms with E-state index in [2.05, 4.69) is 15.1 Å². The highest BCUT2D eigenvalue weighted by Gasteiger charge is 2.21. The van der Waals surface area contributed by atoms with Crippen LogP contribution in [0.25, 0.3) is 11.4 Å². The average molecular weight is 370 g/mol. The molecule has 0 fully saturated rings. The minimum atomic E-state index is -0.815. The smallest absolute Gasteiger partial charge is 0.344 e. The first-order valence-electron chi connectivity index (χ1n) is 7.84. The van der Waals surface area contributed by atoms with Gasteiger partial charge in [0, 0.05) is 24.0 Å². The maximum Gasteiger partial charge on any atom is 0.344 e. The summed E-state index contributed by atoms with van der Waals surface area (Å²) >= 11 is 0. The van der Waals surface area contributed by atoms with Crippen LogP contribution in [0.4, 0.5) is 5.69 Å². The van der Waals surface area contributed by atoms with Crippen molar-refractivity contribution in [2.24, 2.45) is 0 Å². The molecule has 1 unspecified atom stereocenters. The minimum Gasteiger partial charge on any atom is -0.475 e. The maximum absolute atomic E-state index is 11.9. The first-order chi connectivity index (χ1) is 13.0. The van der Waals surface area contributed by atoms with E-state index < -0.39 is 23.6 Å². The summed E-state index contributed by atoms with van der Waals surface area (Å²) in [5.74, 6) is -0.337. The molecule has 3 rings (SSSR count). The number of hydrogen-bond donors (Lipinski definition) is 0. The van der Waals surface area contributed by atoms with Crippen LogP contribution in [-0.4, -0.2) is 32.6 Å². The zero-order valence-corrected chi connectivity index (χ0v) is 14.1. The van der Waals surface area contributed by atoms with E-state index in [4.69, 9.17) is 14.0 Å². The fourth-order valence-corrected chi connectivity index (χ4v) is 2.16. The largest absolute Gasteiger partial charge is 0.475 e. The molecule has 27 heavy (non-hydrogen) atoms. The Morgan fingerprint density at radius 1 is 1.30 bits per heavy atom. The van der Waals surface area contributed by atoms with Crippen molar-refractivity contribution in [2.45, 2.75) is 13.0 Å². The van der Waals surface area contributed by atoms with E-state index in [0.717, 1.165) is 0 Å². The molecule has 0 saturated heterocycles. The standard InChI is InChI=1S/C17H14N4O6/c1-11(17-19-16(20-27-17)12-5-4-8-18-9-12)26-15(22)10-25-14-7-3-2-6-13(14)21(23)24/h2-9,11H,10H2,1H3. The van der Waals surface area contributed by atoms with E-state index in [1.807, 2.05) is 0 Å². The summed E-state index contributed by atoms with van der Waals surface area (Å²) in [6.07, 6.45) is 2.38. The number of hydrogen-bond acceptors (Lipinski definition) is 9. The van der Waals surface area contributed by atoms with Crippen LogP contribution in [0.3, 0.4) is 0 Å². The summed E-state index contributed by atoms with van der Waals surface area (Å²) in [6, 6.07) is 9.23. The summed E-state index contributed by atoms with van der Waals surface area (Å²) in [5.41, 5.74) is 0.419. The molecule has 0 aliphatic carbocycles. The van der Waals surface area contributed by atoms with E-state index in [0.29, 0.717) is 11.4 Å². The van der Waals surface area contributed by atoms with Crippen LogP contribution in [0.2, 0.25) is 0 Å². The normalized spacial score (nSPS) is 11.6. The van der Waals surface area contributed by atoms with Crippen LogP contribution in [0.15, 0.2) is 53.3 Å². The molecule has 0 N–H and O–H groups in total. The number of esters is 1. The quantitative estimate of drug-likeness (QED) is 0.350. The summed E-state index contributed by atoms with van der Waals surface area (Å²) in [5, 5.41) is 14.7. The number of aromatic nitrogens is 3. The molecule has 1 atom stereocenters. The zero-order valence-electron chi connectivity index (χ0n) is 14.1. The van der Waals surface area contributed by atoms with Gasteiger partial charge in [0.1, 0.15) is 0 Å². The van der Waals surface area contributed by atoms with Crippen molar-refractivity contribution in [1.29, 1.82) is 0 Å². The lowest BCUT2D eigenvalue weighted by atomic mass is 10.3.